The standard InChI is InChI=1S/C21H22N2O5/c1-3-28-21(27)12-6-8-15(9-7-12)22-18(24)11(2)23-19(25)16-13-4-5-14(10-13)17(16)20(23)26/h4-9,11,13-14,16-17H,3,10H2,1-2H3,(H,22,24)/t11-,13-,14-,16-,17+/m0/s1. The van der Waals surface area contributed by atoms with Crippen LogP contribution in [-0.2, 0) is 19.1 Å². The van der Waals surface area contributed by atoms with Crippen LogP contribution in [0.25, 0.3) is 0 Å². The molecular weight excluding hydrogens is 360 g/mol. The highest BCUT2D eigenvalue weighted by atomic mass is 16.5. The Balaban J connectivity index is 1.43. The molecule has 0 aromatic heterocycles. The van der Waals surface area contributed by atoms with E-state index in [1.54, 1.807) is 38.1 Å². The van der Waals surface area contributed by atoms with E-state index in [1.807, 2.05) is 12.2 Å². The van der Waals surface area contributed by atoms with E-state index in [0.717, 1.165) is 11.3 Å². The summed E-state index contributed by atoms with van der Waals surface area (Å²) in [5.41, 5.74) is 0.861. The third kappa shape index (κ3) is 2.82. The van der Waals surface area contributed by atoms with Crippen LogP contribution in [0.4, 0.5) is 5.69 Å². The van der Waals surface area contributed by atoms with Crippen molar-refractivity contribution in [3.05, 3.63) is 42.0 Å². The Labute approximate surface area is 162 Å². The van der Waals surface area contributed by atoms with Crippen LogP contribution in [0.3, 0.4) is 0 Å². The number of rotatable bonds is 5. The number of amides is 3. The Hall–Kier alpha value is -2.96. The number of allylic oxidation sites excluding steroid dienone is 2. The maximum atomic E-state index is 12.8. The van der Waals surface area contributed by atoms with Crippen LogP contribution in [0, 0.1) is 23.7 Å². The van der Waals surface area contributed by atoms with Gasteiger partial charge in [0.05, 0.1) is 24.0 Å². The number of carbonyl (C=O) groups excluding carboxylic acids is 4. The molecule has 5 atom stereocenters. The zero-order valence-electron chi connectivity index (χ0n) is 15.8. The molecular formula is C21H22N2O5. The Morgan fingerprint density at radius 2 is 1.68 bits per heavy atom. The molecule has 1 aromatic carbocycles. The van der Waals surface area contributed by atoms with E-state index in [2.05, 4.69) is 5.32 Å². The van der Waals surface area contributed by atoms with E-state index in [0.29, 0.717) is 11.3 Å². The minimum Gasteiger partial charge on any atom is -0.462 e. The molecule has 0 unspecified atom stereocenters. The fraction of sp³-hybridized carbons (Fsp3) is 0.429. The van der Waals surface area contributed by atoms with Crippen molar-refractivity contribution in [1.82, 2.24) is 4.90 Å². The maximum Gasteiger partial charge on any atom is 0.338 e. The van der Waals surface area contributed by atoms with Gasteiger partial charge in [-0.25, -0.2) is 4.79 Å². The molecule has 4 rings (SSSR count). The summed E-state index contributed by atoms with van der Waals surface area (Å²) in [6.45, 7) is 3.57. The molecule has 7 heteroatoms. The largest absolute Gasteiger partial charge is 0.462 e. The van der Waals surface area contributed by atoms with Crippen LogP contribution in [0.1, 0.15) is 30.6 Å². The minimum absolute atomic E-state index is 0.113. The molecule has 1 aromatic rings. The van der Waals surface area contributed by atoms with Crippen molar-refractivity contribution in [2.45, 2.75) is 26.3 Å². The molecule has 7 nitrogen and oxygen atoms in total. The molecule has 2 aliphatic carbocycles. The first-order valence-electron chi connectivity index (χ1n) is 9.55. The smallest absolute Gasteiger partial charge is 0.338 e. The van der Waals surface area contributed by atoms with Crippen LogP contribution < -0.4 is 5.32 Å². The summed E-state index contributed by atoms with van der Waals surface area (Å²) >= 11 is 0. The molecule has 3 amide bonds. The van der Waals surface area contributed by atoms with Crippen LogP contribution in [0.2, 0.25) is 0 Å². The number of benzene rings is 1. The lowest BCUT2D eigenvalue weighted by atomic mass is 9.85. The van der Waals surface area contributed by atoms with E-state index in [1.165, 1.54) is 0 Å². The molecule has 2 bridgehead atoms. The lowest BCUT2D eigenvalue weighted by Crippen LogP contribution is -2.46. The van der Waals surface area contributed by atoms with Crippen LogP contribution >= 0.6 is 0 Å². The SMILES string of the molecule is CCOC(=O)c1ccc(NC(=O)[C@H](C)N2C(=O)[C@@H]3[C@H](C2=O)[C@H]2C=C[C@H]3C2)cc1. The summed E-state index contributed by atoms with van der Waals surface area (Å²) in [6, 6.07) is 5.39. The van der Waals surface area contributed by atoms with Crippen molar-refractivity contribution in [2.24, 2.45) is 23.7 Å². The fourth-order valence-corrected chi connectivity index (χ4v) is 4.58. The molecule has 0 spiro atoms. The molecule has 1 aliphatic heterocycles. The monoisotopic (exact) mass is 382 g/mol. The molecule has 3 aliphatic rings. The Bertz CT molecular complexity index is 845. The predicted molar refractivity (Wildman–Crippen MR) is 100 cm³/mol. The van der Waals surface area contributed by atoms with Crippen LogP contribution in [-0.4, -0.2) is 41.2 Å². The lowest BCUT2D eigenvalue weighted by Gasteiger charge is -2.23. The molecule has 28 heavy (non-hydrogen) atoms. The summed E-state index contributed by atoms with van der Waals surface area (Å²) in [5.74, 6) is -1.77. The Morgan fingerprint density at radius 1 is 1.11 bits per heavy atom. The first kappa shape index (κ1) is 18.4. The number of esters is 1. The first-order valence-corrected chi connectivity index (χ1v) is 9.55. The summed E-state index contributed by atoms with van der Waals surface area (Å²) in [5, 5.41) is 2.71. The third-order valence-corrected chi connectivity index (χ3v) is 5.93. The second-order valence-electron chi connectivity index (χ2n) is 7.51. The van der Waals surface area contributed by atoms with Gasteiger partial charge in [0.25, 0.3) is 0 Å². The van der Waals surface area contributed by atoms with Gasteiger partial charge in [0.1, 0.15) is 6.04 Å². The molecule has 1 saturated carbocycles. The predicted octanol–water partition coefficient (Wildman–Crippen LogP) is 2.00. The number of nitrogens with zero attached hydrogens (tertiary/aromatic N) is 1. The zero-order valence-corrected chi connectivity index (χ0v) is 15.8. The number of anilines is 1. The second-order valence-corrected chi connectivity index (χ2v) is 7.51. The van der Waals surface area contributed by atoms with Gasteiger partial charge in [0.15, 0.2) is 0 Å². The van der Waals surface area contributed by atoms with Crippen molar-refractivity contribution in [2.75, 3.05) is 11.9 Å². The number of carbonyl (C=O) groups is 4. The van der Waals surface area contributed by atoms with Crippen LogP contribution in [0.5, 0.6) is 0 Å². The summed E-state index contributed by atoms with van der Waals surface area (Å²) in [4.78, 5) is 51.1. The summed E-state index contributed by atoms with van der Waals surface area (Å²) in [6.07, 6.45) is 4.90. The number of likely N-dealkylation sites (tertiary alicyclic amines) is 1. The number of hydrogen-bond donors (Lipinski definition) is 1. The number of fused-ring (bicyclic) bond motifs is 5. The number of ether oxygens (including phenoxy) is 1. The highest BCUT2D eigenvalue weighted by Gasteiger charge is 2.60. The molecule has 1 N–H and O–H groups in total. The van der Waals surface area contributed by atoms with Crippen molar-refractivity contribution in [3.63, 3.8) is 0 Å². The van der Waals surface area contributed by atoms with Gasteiger partial charge in [-0.05, 0) is 56.4 Å². The van der Waals surface area contributed by atoms with Gasteiger partial charge in [-0.2, -0.15) is 0 Å². The van der Waals surface area contributed by atoms with Gasteiger partial charge in [0, 0.05) is 5.69 Å². The topological polar surface area (TPSA) is 92.8 Å². The highest BCUT2D eigenvalue weighted by Crippen LogP contribution is 2.52. The van der Waals surface area contributed by atoms with Gasteiger partial charge in [-0.15, -0.1) is 0 Å². The third-order valence-electron chi connectivity index (χ3n) is 5.93. The molecule has 2 fully saturated rings. The molecule has 0 radical (unpaired) electrons. The average Bonchev–Trinajstić information content (AvgIpc) is 3.36. The first-order chi connectivity index (χ1) is 13.4. The highest BCUT2D eigenvalue weighted by molar-refractivity contribution is 6.10. The Kier molecular flexibility index (Phi) is 4.53. The maximum absolute atomic E-state index is 12.8. The normalized spacial score (nSPS) is 28.4. The van der Waals surface area contributed by atoms with Gasteiger partial charge in [0.2, 0.25) is 17.7 Å². The second kappa shape index (κ2) is 6.89. The van der Waals surface area contributed by atoms with Gasteiger partial charge in [-0.1, -0.05) is 12.2 Å². The quantitative estimate of drug-likeness (QED) is 0.478. The van der Waals surface area contributed by atoms with E-state index in [9.17, 15) is 19.2 Å². The Morgan fingerprint density at radius 3 is 2.21 bits per heavy atom. The molecule has 1 heterocycles. The van der Waals surface area contributed by atoms with Crippen molar-refractivity contribution < 1.29 is 23.9 Å². The lowest BCUT2D eigenvalue weighted by molar-refractivity contribution is -0.146. The van der Waals surface area contributed by atoms with Gasteiger partial charge >= 0.3 is 5.97 Å². The van der Waals surface area contributed by atoms with E-state index in [4.69, 9.17) is 4.74 Å². The number of hydrogen-bond acceptors (Lipinski definition) is 5. The van der Waals surface area contributed by atoms with Crippen molar-refractivity contribution in [1.29, 1.82) is 0 Å². The number of nitrogens with one attached hydrogen (secondary N) is 1. The number of imide groups is 1. The van der Waals surface area contributed by atoms with Gasteiger partial charge in [-0.3, -0.25) is 19.3 Å². The fourth-order valence-electron chi connectivity index (χ4n) is 4.58. The minimum atomic E-state index is -0.894. The van der Waals surface area contributed by atoms with Gasteiger partial charge < -0.3 is 10.1 Å². The molecule has 1 saturated heterocycles. The van der Waals surface area contributed by atoms with E-state index < -0.39 is 17.9 Å². The summed E-state index contributed by atoms with van der Waals surface area (Å²) in [7, 11) is 0. The van der Waals surface area contributed by atoms with E-state index >= 15 is 0 Å². The zero-order chi connectivity index (χ0) is 20.0. The average molecular weight is 382 g/mol. The van der Waals surface area contributed by atoms with Crippen molar-refractivity contribution >= 4 is 29.4 Å². The van der Waals surface area contributed by atoms with E-state index in [-0.39, 0.29) is 42.1 Å². The molecule has 146 valence electrons. The van der Waals surface area contributed by atoms with Crippen molar-refractivity contribution in [3.8, 4) is 0 Å². The summed E-state index contributed by atoms with van der Waals surface area (Å²) < 4.78 is 4.92. The van der Waals surface area contributed by atoms with Crippen LogP contribution in [0.15, 0.2) is 36.4 Å².